The first-order chi connectivity index (χ1) is 8.56. The van der Waals surface area contributed by atoms with Gasteiger partial charge in [0.15, 0.2) is 0 Å². The summed E-state index contributed by atoms with van der Waals surface area (Å²) < 4.78 is 0. The summed E-state index contributed by atoms with van der Waals surface area (Å²) in [6, 6.07) is 8.28. The van der Waals surface area contributed by atoms with Crippen molar-refractivity contribution in [2.45, 2.75) is 42.8 Å². The molecule has 0 spiro atoms. The minimum Gasteiger partial charge on any atom is -0.295 e. The van der Waals surface area contributed by atoms with Gasteiger partial charge >= 0.3 is 0 Å². The molecule has 2 amide bonds. The van der Waals surface area contributed by atoms with Crippen LogP contribution in [-0.4, -0.2) is 17.1 Å². The second-order valence-corrected chi connectivity index (χ2v) is 6.06. The molecule has 1 aromatic rings. The normalized spacial score (nSPS) is 20.1. The fourth-order valence-corrected chi connectivity index (χ4v) is 2.91. The third-order valence-corrected chi connectivity index (χ3v) is 4.29. The van der Waals surface area contributed by atoms with E-state index in [-0.39, 0.29) is 17.1 Å². The molecule has 1 atom stereocenters. The molecule has 2 rings (SSSR count). The molecule has 0 aliphatic carbocycles. The van der Waals surface area contributed by atoms with Crippen LogP contribution in [0.25, 0.3) is 0 Å². The van der Waals surface area contributed by atoms with E-state index in [9.17, 15) is 9.59 Å². The zero-order chi connectivity index (χ0) is 13.1. The van der Waals surface area contributed by atoms with E-state index >= 15 is 0 Å². The van der Waals surface area contributed by atoms with Crippen molar-refractivity contribution in [2.24, 2.45) is 0 Å². The standard InChI is InChI=1S/C14H17NO2S/c1-9(2)10-3-5-11(6-4-10)18-12-7-8-13(16)15-14(12)17/h3-6,9,12H,7-8H2,1-2H3,(H,15,16,17)/t12-/m1/s1. The van der Waals surface area contributed by atoms with Gasteiger partial charge in [0, 0.05) is 11.3 Å². The monoisotopic (exact) mass is 263 g/mol. The minimum absolute atomic E-state index is 0.146. The van der Waals surface area contributed by atoms with Gasteiger partial charge in [0.25, 0.3) is 0 Å². The number of rotatable bonds is 3. The highest BCUT2D eigenvalue weighted by molar-refractivity contribution is 8.00. The van der Waals surface area contributed by atoms with E-state index in [1.165, 1.54) is 17.3 Å². The molecule has 0 bridgehead atoms. The quantitative estimate of drug-likeness (QED) is 0.853. The van der Waals surface area contributed by atoms with Gasteiger partial charge in [0.05, 0.1) is 5.25 Å². The number of imide groups is 1. The van der Waals surface area contributed by atoms with Crippen LogP contribution in [0.1, 0.15) is 38.2 Å². The Hall–Kier alpha value is -1.29. The fraction of sp³-hybridized carbons (Fsp3) is 0.429. The van der Waals surface area contributed by atoms with Gasteiger partial charge in [-0.25, -0.2) is 0 Å². The molecule has 0 saturated carbocycles. The fourth-order valence-electron chi connectivity index (χ4n) is 1.88. The highest BCUT2D eigenvalue weighted by Gasteiger charge is 2.27. The number of amides is 2. The largest absolute Gasteiger partial charge is 0.295 e. The predicted octanol–water partition coefficient (Wildman–Crippen LogP) is 2.71. The third-order valence-electron chi connectivity index (χ3n) is 3.01. The van der Waals surface area contributed by atoms with Gasteiger partial charge in [-0.15, -0.1) is 11.8 Å². The zero-order valence-electron chi connectivity index (χ0n) is 10.6. The molecule has 1 saturated heterocycles. The van der Waals surface area contributed by atoms with Crippen LogP contribution in [0.15, 0.2) is 29.2 Å². The Morgan fingerprint density at radius 3 is 2.44 bits per heavy atom. The number of carbonyl (C=O) groups excluding carboxylic acids is 2. The molecule has 1 N–H and O–H groups in total. The second-order valence-electron chi connectivity index (χ2n) is 4.78. The van der Waals surface area contributed by atoms with Crippen LogP contribution < -0.4 is 5.32 Å². The molecule has 4 heteroatoms. The van der Waals surface area contributed by atoms with E-state index in [0.717, 1.165) is 4.90 Å². The van der Waals surface area contributed by atoms with Gasteiger partial charge in [-0.2, -0.15) is 0 Å². The number of piperidine rings is 1. The first-order valence-corrected chi connectivity index (χ1v) is 7.04. The van der Waals surface area contributed by atoms with Crippen molar-refractivity contribution < 1.29 is 9.59 Å². The van der Waals surface area contributed by atoms with E-state index in [2.05, 4.69) is 31.3 Å². The first kappa shape index (κ1) is 13.1. The highest BCUT2D eigenvalue weighted by atomic mass is 32.2. The van der Waals surface area contributed by atoms with Gasteiger partial charge in [-0.3, -0.25) is 14.9 Å². The molecule has 1 aliphatic heterocycles. The van der Waals surface area contributed by atoms with Crippen LogP contribution in [-0.2, 0) is 9.59 Å². The summed E-state index contributed by atoms with van der Waals surface area (Å²) in [6.07, 6.45) is 1.06. The molecule has 96 valence electrons. The van der Waals surface area contributed by atoms with Gasteiger partial charge in [-0.1, -0.05) is 26.0 Å². The molecule has 0 radical (unpaired) electrons. The molecule has 0 unspecified atom stereocenters. The number of benzene rings is 1. The van der Waals surface area contributed by atoms with Gasteiger partial charge in [0.2, 0.25) is 11.8 Å². The Kier molecular flexibility index (Phi) is 4.07. The summed E-state index contributed by atoms with van der Waals surface area (Å²) in [7, 11) is 0. The molecule has 0 aromatic heterocycles. The van der Waals surface area contributed by atoms with Crippen molar-refractivity contribution in [3.05, 3.63) is 29.8 Å². The lowest BCUT2D eigenvalue weighted by molar-refractivity contribution is -0.132. The topological polar surface area (TPSA) is 46.2 Å². The lowest BCUT2D eigenvalue weighted by Crippen LogP contribution is -2.42. The Morgan fingerprint density at radius 1 is 1.22 bits per heavy atom. The summed E-state index contributed by atoms with van der Waals surface area (Å²) in [6.45, 7) is 4.31. The first-order valence-electron chi connectivity index (χ1n) is 6.16. The Labute approximate surface area is 111 Å². The lowest BCUT2D eigenvalue weighted by Gasteiger charge is -2.20. The smallest absolute Gasteiger partial charge is 0.240 e. The maximum atomic E-state index is 11.6. The number of hydrogen-bond donors (Lipinski definition) is 1. The summed E-state index contributed by atoms with van der Waals surface area (Å²) in [5, 5.41) is 2.23. The number of thioether (sulfide) groups is 1. The minimum atomic E-state index is -0.163. The van der Waals surface area contributed by atoms with Crippen molar-refractivity contribution in [2.75, 3.05) is 0 Å². The average Bonchev–Trinajstić information content (AvgIpc) is 2.33. The van der Waals surface area contributed by atoms with Crippen LogP contribution in [0.2, 0.25) is 0 Å². The van der Waals surface area contributed by atoms with Crippen molar-refractivity contribution in [3.8, 4) is 0 Å². The average molecular weight is 263 g/mol. The number of hydrogen-bond acceptors (Lipinski definition) is 3. The maximum Gasteiger partial charge on any atom is 0.240 e. The van der Waals surface area contributed by atoms with Gasteiger partial charge < -0.3 is 0 Å². The molecule has 1 aliphatic rings. The van der Waals surface area contributed by atoms with Crippen LogP contribution in [0.3, 0.4) is 0 Å². The van der Waals surface area contributed by atoms with Crippen LogP contribution >= 0.6 is 11.8 Å². The van der Waals surface area contributed by atoms with Crippen LogP contribution in [0.4, 0.5) is 0 Å². The molecule has 1 heterocycles. The van der Waals surface area contributed by atoms with E-state index in [4.69, 9.17) is 0 Å². The van der Waals surface area contributed by atoms with E-state index in [0.29, 0.717) is 18.8 Å². The number of carbonyl (C=O) groups is 2. The second kappa shape index (κ2) is 5.57. The Morgan fingerprint density at radius 2 is 1.89 bits per heavy atom. The molecular weight excluding hydrogens is 246 g/mol. The summed E-state index contributed by atoms with van der Waals surface area (Å²) >= 11 is 1.53. The van der Waals surface area contributed by atoms with Gasteiger partial charge in [-0.05, 0) is 30.0 Å². The van der Waals surface area contributed by atoms with Crippen molar-refractivity contribution in [1.82, 2.24) is 5.32 Å². The molecule has 18 heavy (non-hydrogen) atoms. The van der Waals surface area contributed by atoms with E-state index in [1.807, 2.05) is 12.1 Å². The third kappa shape index (κ3) is 3.13. The summed E-state index contributed by atoms with van der Waals surface area (Å²) in [4.78, 5) is 23.8. The van der Waals surface area contributed by atoms with Crippen molar-refractivity contribution in [3.63, 3.8) is 0 Å². The summed E-state index contributed by atoms with van der Waals surface area (Å²) in [5.41, 5.74) is 1.29. The van der Waals surface area contributed by atoms with Crippen molar-refractivity contribution >= 4 is 23.6 Å². The predicted molar refractivity (Wildman–Crippen MR) is 72.6 cm³/mol. The zero-order valence-corrected chi connectivity index (χ0v) is 11.4. The SMILES string of the molecule is CC(C)c1ccc(S[C@@H]2CCC(=O)NC2=O)cc1. The molecule has 3 nitrogen and oxygen atoms in total. The van der Waals surface area contributed by atoms with Crippen LogP contribution in [0.5, 0.6) is 0 Å². The summed E-state index contributed by atoms with van der Waals surface area (Å²) in [5.74, 6) is 0.191. The van der Waals surface area contributed by atoms with E-state index in [1.54, 1.807) is 0 Å². The van der Waals surface area contributed by atoms with Gasteiger partial charge in [0.1, 0.15) is 0 Å². The van der Waals surface area contributed by atoms with Crippen LogP contribution in [0, 0.1) is 0 Å². The van der Waals surface area contributed by atoms with E-state index < -0.39 is 0 Å². The number of nitrogens with one attached hydrogen (secondary N) is 1. The lowest BCUT2D eigenvalue weighted by atomic mass is 10.0. The highest BCUT2D eigenvalue weighted by Crippen LogP contribution is 2.29. The Bertz CT molecular complexity index is 453. The van der Waals surface area contributed by atoms with Crippen molar-refractivity contribution in [1.29, 1.82) is 0 Å². The maximum absolute atomic E-state index is 11.6. The molecule has 1 aromatic carbocycles. The Balaban J connectivity index is 2.01. The molecular formula is C14H17NO2S. The molecule has 1 fully saturated rings.